The average Bonchev–Trinajstić information content (AvgIpc) is 2.36. The van der Waals surface area contributed by atoms with Gasteiger partial charge in [0.2, 0.25) is 0 Å². The first-order valence-corrected chi connectivity index (χ1v) is 5.66. The molecule has 0 saturated heterocycles. The van der Waals surface area contributed by atoms with E-state index in [4.69, 9.17) is 5.73 Å². The number of pyridine rings is 1. The maximum atomic E-state index is 13.3. The minimum Gasteiger partial charge on any atom is -0.397 e. The van der Waals surface area contributed by atoms with Crippen molar-refractivity contribution in [1.82, 2.24) is 4.98 Å². The molecule has 0 spiro atoms. The van der Waals surface area contributed by atoms with Gasteiger partial charge in [-0.1, -0.05) is 12.1 Å². The molecule has 5 nitrogen and oxygen atoms in total. The predicted octanol–water partition coefficient (Wildman–Crippen LogP) is 1.01. The molecule has 4 N–H and O–H groups in total. The van der Waals surface area contributed by atoms with Crippen LogP contribution in [-0.4, -0.2) is 22.2 Å². The summed E-state index contributed by atoms with van der Waals surface area (Å²) in [6, 6.07) is 6.20. The van der Waals surface area contributed by atoms with Crippen LogP contribution in [-0.2, 0) is 5.91 Å². The maximum absolute atomic E-state index is 13.3. The summed E-state index contributed by atoms with van der Waals surface area (Å²) in [5.41, 5.74) is 7.67. The van der Waals surface area contributed by atoms with E-state index in [0.29, 0.717) is 22.6 Å². The van der Waals surface area contributed by atoms with E-state index in [1.807, 2.05) is 0 Å². The number of anilines is 2. The maximum Gasteiger partial charge on any atom is 0.277 e. The van der Waals surface area contributed by atoms with Gasteiger partial charge in [0, 0.05) is 12.6 Å². The van der Waals surface area contributed by atoms with Crippen LogP contribution in [0.4, 0.5) is 15.8 Å². The topological polar surface area (TPSA) is 82.6 Å². The van der Waals surface area contributed by atoms with Crippen molar-refractivity contribution >= 4 is 11.4 Å². The van der Waals surface area contributed by atoms with Crippen molar-refractivity contribution in [3.63, 3.8) is 0 Å². The molecule has 0 amide bonds. The number of halogens is 1. The number of nitrogens with two attached hydrogens (primary N) is 1. The van der Waals surface area contributed by atoms with Crippen molar-refractivity contribution in [2.45, 2.75) is 5.91 Å². The molecule has 1 aromatic carbocycles. The van der Waals surface area contributed by atoms with Gasteiger partial charge < -0.3 is 20.8 Å². The number of aliphatic hydroxyl groups is 2. The summed E-state index contributed by atoms with van der Waals surface area (Å²) in [7, 11) is 1.48. The summed E-state index contributed by atoms with van der Waals surface area (Å²) < 4.78 is 13.3. The standard InChI is InChI=1S/C13H12FN3O2/c1-17-12-8(3-2-4-10(12)15)11-9(13(17,18)19)5-7(14)6-16-11/h2-6,18-19H,15H2,1H3. The van der Waals surface area contributed by atoms with Gasteiger partial charge in [0.05, 0.1) is 28.8 Å². The zero-order chi connectivity index (χ0) is 13.8. The molecule has 0 fully saturated rings. The number of hydrogen-bond acceptors (Lipinski definition) is 5. The molecule has 2 aromatic rings. The number of rotatable bonds is 0. The van der Waals surface area contributed by atoms with E-state index in [-0.39, 0.29) is 5.56 Å². The monoisotopic (exact) mass is 261 g/mol. The number of nitrogen functional groups attached to an aromatic ring is 1. The fraction of sp³-hybridized carbons (Fsp3) is 0.154. The van der Waals surface area contributed by atoms with E-state index in [9.17, 15) is 14.6 Å². The van der Waals surface area contributed by atoms with Crippen molar-refractivity contribution in [2.75, 3.05) is 17.7 Å². The molecule has 0 aliphatic carbocycles. The Balaban J connectivity index is 2.40. The summed E-state index contributed by atoms with van der Waals surface area (Å²) in [6.07, 6.45) is 1.03. The lowest BCUT2D eigenvalue weighted by atomic mass is 9.94. The third-order valence-electron chi connectivity index (χ3n) is 3.34. The first-order valence-electron chi connectivity index (χ1n) is 5.66. The van der Waals surface area contributed by atoms with Crippen LogP contribution >= 0.6 is 0 Å². The summed E-state index contributed by atoms with van der Waals surface area (Å²) >= 11 is 0. The molecule has 19 heavy (non-hydrogen) atoms. The van der Waals surface area contributed by atoms with E-state index in [0.717, 1.165) is 12.3 Å². The Kier molecular flexibility index (Phi) is 2.29. The highest BCUT2D eigenvalue weighted by molar-refractivity contribution is 5.89. The summed E-state index contributed by atoms with van der Waals surface area (Å²) in [5.74, 6) is -2.99. The molecule has 1 aromatic heterocycles. The minimum absolute atomic E-state index is 0.00639. The fourth-order valence-corrected chi connectivity index (χ4v) is 2.37. The van der Waals surface area contributed by atoms with Gasteiger partial charge in [0.15, 0.2) is 0 Å². The van der Waals surface area contributed by atoms with Crippen molar-refractivity contribution < 1.29 is 14.6 Å². The quantitative estimate of drug-likeness (QED) is 0.487. The molecule has 0 unspecified atom stereocenters. The molecule has 1 aliphatic rings. The van der Waals surface area contributed by atoms with Gasteiger partial charge in [-0.05, 0) is 12.1 Å². The van der Waals surface area contributed by atoms with E-state index < -0.39 is 11.7 Å². The Labute approximate surface area is 108 Å². The lowest BCUT2D eigenvalue weighted by Gasteiger charge is -2.40. The molecule has 6 heteroatoms. The molecule has 0 saturated carbocycles. The largest absolute Gasteiger partial charge is 0.397 e. The van der Waals surface area contributed by atoms with Crippen molar-refractivity contribution in [3.05, 3.63) is 41.8 Å². The second-order valence-corrected chi connectivity index (χ2v) is 4.49. The minimum atomic E-state index is -2.35. The molecule has 0 bridgehead atoms. The van der Waals surface area contributed by atoms with Gasteiger partial charge in [-0.3, -0.25) is 4.98 Å². The molecule has 98 valence electrons. The van der Waals surface area contributed by atoms with Crippen molar-refractivity contribution in [1.29, 1.82) is 0 Å². The van der Waals surface area contributed by atoms with E-state index >= 15 is 0 Å². The summed E-state index contributed by atoms with van der Waals surface area (Å²) in [6.45, 7) is 0. The van der Waals surface area contributed by atoms with Crippen LogP contribution in [0.5, 0.6) is 0 Å². The van der Waals surface area contributed by atoms with Crippen LogP contribution < -0.4 is 10.6 Å². The zero-order valence-electron chi connectivity index (χ0n) is 10.1. The molecule has 0 atom stereocenters. The highest BCUT2D eigenvalue weighted by atomic mass is 19.1. The fourth-order valence-electron chi connectivity index (χ4n) is 2.37. The highest BCUT2D eigenvalue weighted by Gasteiger charge is 2.41. The zero-order valence-corrected chi connectivity index (χ0v) is 10.1. The van der Waals surface area contributed by atoms with Gasteiger partial charge >= 0.3 is 0 Å². The number of benzene rings is 1. The molecule has 1 aliphatic heterocycles. The first-order chi connectivity index (χ1) is 8.93. The smallest absolute Gasteiger partial charge is 0.277 e. The van der Waals surface area contributed by atoms with Crippen LogP contribution in [0.3, 0.4) is 0 Å². The number of aromatic nitrogens is 1. The summed E-state index contributed by atoms with van der Waals surface area (Å²) in [4.78, 5) is 5.15. The lowest BCUT2D eigenvalue weighted by molar-refractivity contribution is -0.167. The number of nitrogens with zero attached hydrogens (tertiary/aromatic N) is 2. The third-order valence-corrected chi connectivity index (χ3v) is 3.34. The molecule has 0 radical (unpaired) electrons. The van der Waals surface area contributed by atoms with Crippen LogP contribution in [0.2, 0.25) is 0 Å². The number of fused-ring (bicyclic) bond motifs is 3. The molecule has 2 heterocycles. The van der Waals surface area contributed by atoms with Crippen LogP contribution in [0.15, 0.2) is 30.5 Å². The highest BCUT2D eigenvalue weighted by Crippen LogP contribution is 2.46. The van der Waals surface area contributed by atoms with Crippen LogP contribution in [0.25, 0.3) is 11.3 Å². The SMILES string of the molecule is CN1c2c(N)cccc2-c2ncc(F)cc2C1(O)O. The van der Waals surface area contributed by atoms with Crippen molar-refractivity contribution in [3.8, 4) is 11.3 Å². The Morgan fingerprint density at radius 1 is 1.37 bits per heavy atom. The van der Waals surface area contributed by atoms with Gasteiger partial charge in [-0.2, -0.15) is 0 Å². The Bertz CT molecular complexity index is 673. The van der Waals surface area contributed by atoms with Gasteiger partial charge in [0.1, 0.15) is 5.82 Å². The van der Waals surface area contributed by atoms with Crippen LogP contribution in [0, 0.1) is 5.82 Å². The number of para-hydroxylation sites is 1. The molecule has 3 rings (SSSR count). The predicted molar refractivity (Wildman–Crippen MR) is 68.6 cm³/mol. The average molecular weight is 261 g/mol. The van der Waals surface area contributed by atoms with Crippen LogP contribution in [0.1, 0.15) is 5.56 Å². The first kappa shape index (κ1) is 11.9. The van der Waals surface area contributed by atoms with E-state index in [1.54, 1.807) is 18.2 Å². The van der Waals surface area contributed by atoms with E-state index in [1.165, 1.54) is 11.9 Å². The molecular formula is C13H12FN3O2. The number of hydrogen-bond donors (Lipinski definition) is 3. The van der Waals surface area contributed by atoms with E-state index in [2.05, 4.69) is 4.98 Å². The Hall–Kier alpha value is -2.18. The van der Waals surface area contributed by atoms with Crippen molar-refractivity contribution in [2.24, 2.45) is 0 Å². The second-order valence-electron chi connectivity index (χ2n) is 4.49. The Morgan fingerprint density at radius 2 is 2.11 bits per heavy atom. The summed E-state index contributed by atoms with van der Waals surface area (Å²) in [5, 5.41) is 20.4. The van der Waals surface area contributed by atoms with Gasteiger partial charge in [-0.15, -0.1) is 0 Å². The van der Waals surface area contributed by atoms with Gasteiger partial charge in [0.25, 0.3) is 5.91 Å². The normalized spacial score (nSPS) is 15.9. The lowest BCUT2D eigenvalue weighted by Crippen LogP contribution is -2.47. The molecular weight excluding hydrogens is 249 g/mol. The second kappa shape index (κ2) is 3.66. The van der Waals surface area contributed by atoms with Gasteiger partial charge in [-0.25, -0.2) is 4.39 Å². The third kappa shape index (κ3) is 1.50. The Morgan fingerprint density at radius 3 is 2.84 bits per heavy atom.